The van der Waals surface area contributed by atoms with Gasteiger partial charge in [0.25, 0.3) is 0 Å². The van der Waals surface area contributed by atoms with Crippen molar-refractivity contribution in [2.45, 2.75) is 24.4 Å². The average molecular weight is 255 g/mol. The zero-order valence-corrected chi connectivity index (χ0v) is 10.6. The van der Waals surface area contributed by atoms with Crippen molar-refractivity contribution in [2.75, 3.05) is 19.6 Å². The summed E-state index contributed by atoms with van der Waals surface area (Å²) in [6.45, 7) is 2.73. The van der Waals surface area contributed by atoms with Gasteiger partial charge in [-0.15, -0.1) is 12.4 Å². The van der Waals surface area contributed by atoms with Crippen LogP contribution in [0.25, 0.3) is 0 Å². The minimum Gasteiger partial charge on any atom is -0.488 e. The molecule has 0 aromatic heterocycles. The Morgan fingerprint density at radius 2 is 2.00 bits per heavy atom. The van der Waals surface area contributed by atoms with E-state index in [1.54, 1.807) is 0 Å². The molecular weight excluding hydrogens is 236 g/mol. The highest BCUT2D eigenvalue weighted by atomic mass is 35.5. The van der Waals surface area contributed by atoms with Crippen LogP contribution in [0.15, 0.2) is 24.3 Å². The Morgan fingerprint density at radius 3 is 2.71 bits per heavy atom. The van der Waals surface area contributed by atoms with Gasteiger partial charge in [-0.1, -0.05) is 18.2 Å². The first-order valence-corrected chi connectivity index (χ1v) is 6.04. The zero-order chi connectivity index (χ0) is 11.0. The number of para-hydroxylation sites is 1. The smallest absolute Gasteiger partial charge is 0.123 e. The van der Waals surface area contributed by atoms with Crippen molar-refractivity contribution < 1.29 is 4.74 Å². The molecule has 0 aliphatic carbocycles. The van der Waals surface area contributed by atoms with Gasteiger partial charge in [0.2, 0.25) is 0 Å². The third-order valence-electron chi connectivity index (χ3n) is 4.02. The standard InChI is InChI=1S/C13H18N2O.ClH/c14-9-12-13(5-7-15-8-6-13)10-3-1-2-4-11(10)16-12;/h1-4,12,15H,5-9,14H2;1H. The van der Waals surface area contributed by atoms with E-state index in [0.29, 0.717) is 6.54 Å². The van der Waals surface area contributed by atoms with Crippen LogP contribution in [-0.4, -0.2) is 25.7 Å². The summed E-state index contributed by atoms with van der Waals surface area (Å²) in [6, 6.07) is 8.41. The molecule has 3 rings (SSSR count). The summed E-state index contributed by atoms with van der Waals surface area (Å²) in [5.74, 6) is 1.04. The Bertz CT molecular complexity index is 391. The van der Waals surface area contributed by atoms with Gasteiger partial charge in [0.15, 0.2) is 0 Å². The van der Waals surface area contributed by atoms with Crippen LogP contribution in [0.3, 0.4) is 0 Å². The van der Waals surface area contributed by atoms with Crippen molar-refractivity contribution in [1.29, 1.82) is 0 Å². The van der Waals surface area contributed by atoms with Crippen LogP contribution in [0.1, 0.15) is 18.4 Å². The lowest BCUT2D eigenvalue weighted by molar-refractivity contribution is 0.125. The molecular formula is C13H19ClN2O. The van der Waals surface area contributed by atoms with Crippen molar-refractivity contribution in [2.24, 2.45) is 5.73 Å². The summed E-state index contributed by atoms with van der Waals surface area (Å²) in [5, 5.41) is 3.41. The fourth-order valence-electron chi connectivity index (χ4n) is 3.16. The number of hydrogen-bond acceptors (Lipinski definition) is 3. The van der Waals surface area contributed by atoms with E-state index in [1.807, 2.05) is 6.07 Å². The molecule has 1 aromatic rings. The molecule has 17 heavy (non-hydrogen) atoms. The van der Waals surface area contributed by atoms with E-state index in [-0.39, 0.29) is 23.9 Å². The van der Waals surface area contributed by atoms with Gasteiger partial charge in [-0.25, -0.2) is 0 Å². The van der Waals surface area contributed by atoms with Crippen molar-refractivity contribution in [3.8, 4) is 5.75 Å². The predicted octanol–water partition coefficient (Wildman–Crippen LogP) is 1.45. The molecule has 4 heteroatoms. The fourth-order valence-corrected chi connectivity index (χ4v) is 3.16. The summed E-state index contributed by atoms with van der Waals surface area (Å²) in [5.41, 5.74) is 7.40. The lowest BCUT2D eigenvalue weighted by Gasteiger charge is -2.37. The summed E-state index contributed by atoms with van der Waals surface area (Å²) in [4.78, 5) is 0. The predicted molar refractivity (Wildman–Crippen MR) is 70.9 cm³/mol. The van der Waals surface area contributed by atoms with Crippen molar-refractivity contribution in [1.82, 2.24) is 5.32 Å². The molecule has 0 bridgehead atoms. The number of piperidine rings is 1. The van der Waals surface area contributed by atoms with Gasteiger partial charge < -0.3 is 15.8 Å². The monoisotopic (exact) mass is 254 g/mol. The second kappa shape index (κ2) is 4.84. The Hall–Kier alpha value is -0.770. The second-order valence-electron chi connectivity index (χ2n) is 4.74. The molecule has 1 spiro atoms. The first-order chi connectivity index (χ1) is 7.87. The maximum atomic E-state index is 6.00. The number of ether oxygens (including phenoxy) is 1. The number of hydrogen-bond donors (Lipinski definition) is 2. The van der Waals surface area contributed by atoms with E-state index in [2.05, 4.69) is 23.5 Å². The maximum absolute atomic E-state index is 6.00. The molecule has 2 aliphatic heterocycles. The Morgan fingerprint density at radius 1 is 1.29 bits per heavy atom. The summed E-state index contributed by atoms with van der Waals surface area (Å²) < 4.78 is 6.00. The first kappa shape index (κ1) is 12.7. The van der Waals surface area contributed by atoms with E-state index in [4.69, 9.17) is 10.5 Å². The second-order valence-corrected chi connectivity index (χ2v) is 4.74. The third kappa shape index (κ3) is 1.82. The molecule has 0 radical (unpaired) electrons. The Kier molecular flexibility index (Phi) is 3.61. The molecule has 2 heterocycles. The molecule has 1 aromatic carbocycles. The van der Waals surface area contributed by atoms with Crippen LogP contribution in [0, 0.1) is 0 Å². The van der Waals surface area contributed by atoms with Crippen molar-refractivity contribution >= 4 is 12.4 Å². The number of benzene rings is 1. The molecule has 0 saturated carbocycles. The average Bonchev–Trinajstić information content (AvgIpc) is 2.65. The summed E-state index contributed by atoms with van der Waals surface area (Å²) >= 11 is 0. The van der Waals surface area contributed by atoms with Crippen LogP contribution in [0.5, 0.6) is 5.75 Å². The lowest BCUT2D eigenvalue weighted by Crippen LogP contribution is -2.49. The number of rotatable bonds is 1. The van der Waals surface area contributed by atoms with Gasteiger partial charge in [-0.05, 0) is 32.0 Å². The number of halogens is 1. The van der Waals surface area contributed by atoms with Gasteiger partial charge in [0.05, 0.1) is 0 Å². The highest BCUT2D eigenvalue weighted by Gasteiger charge is 2.48. The van der Waals surface area contributed by atoms with Crippen LogP contribution in [0.2, 0.25) is 0 Å². The quantitative estimate of drug-likeness (QED) is 0.798. The normalized spacial score (nSPS) is 24.9. The minimum atomic E-state index is 0. The number of nitrogens with two attached hydrogens (primary N) is 1. The number of fused-ring (bicyclic) bond motifs is 2. The van der Waals surface area contributed by atoms with Crippen LogP contribution >= 0.6 is 12.4 Å². The molecule has 1 saturated heterocycles. The zero-order valence-electron chi connectivity index (χ0n) is 9.82. The van der Waals surface area contributed by atoms with Gasteiger partial charge in [-0.2, -0.15) is 0 Å². The van der Waals surface area contributed by atoms with E-state index in [9.17, 15) is 0 Å². The molecule has 1 atom stereocenters. The molecule has 0 amide bonds. The SMILES string of the molecule is Cl.NCC1Oc2ccccc2C12CCNCC2. The highest BCUT2D eigenvalue weighted by Crippen LogP contribution is 2.47. The van der Waals surface area contributed by atoms with Gasteiger partial charge in [0, 0.05) is 17.5 Å². The van der Waals surface area contributed by atoms with Gasteiger partial charge in [-0.3, -0.25) is 0 Å². The van der Waals surface area contributed by atoms with Crippen molar-refractivity contribution in [3.63, 3.8) is 0 Å². The molecule has 2 aliphatic rings. The Balaban J connectivity index is 0.00000108. The number of nitrogens with one attached hydrogen (secondary N) is 1. The van der Waals surface area contributed by atoms with E-state index >= 15 is 0 Å². The van der Waals surface area contributed by atoms with Crippen LogP contribution in [0.4, 0.5) is 0 Å². The fraction of sp³-hybridized carbons (Fsp3) is 0.538. The van der Waals surface area contributed by atoms with E-state index < -0.39 is 0 Å². The van der Waals surface area contributed by atoms with E-state index in [1.165, 1.54) is 5.56 Å². The summed E-state index contributed by atoms with van der Waals surface area (Å²) in [7, 11) is 0. The summed E-state index contributed by atoms with van der Waals surface area (Å²) in [6.07, 6.45) is 2.42. The van der Waals surface area contributed by atoms with Crippen LogP contribution in [-0.2, 0) is 5.41 Å². The molecule has 3 nitrogen and oxygen atoms in total. The van der Waals surface area contributed by atoms with Crippen LogP contribution < -0.4 is 15.8 Å². The van der Waals surface area contributed by atoms with Crippen molar-refractivity contribution in [3.05, 3.63) is 29.8 Å². The largest absolute Gasteiger partial charge is 0.488 e. The topological polar surface area (TPSA) is 47.3 Å². The first-order valence-electron chi connectivity index (χ1n) is 6.04. The van der Waals surface area contributed by atoms with Gasteiger partial charge in [0.1, 0.15) is 11.9 Å². The molecule has 1 fully saturated rings. The highest BCUT2D eigenvalue weighted by molar-refractivity contribution is 5.85. The maximum Gasteiger partial charge on any atom is 0.123 e. The van der Waals surface area contributed by atoms with E-state index in [0.717, 1.165) is 31.7 Å². The molecule has 1 unspecified atom stereocenters. The minimum absolute atomic E-state index is 0. The lowest BCUT2D eigenvalue weighted by atomic mass is 9.70. The van der Waals surface area contributed by atoms with Gasteiger partial charge >= 0.3 is 0 Å². The molecule has 94 valence electrons. The Labute approximate surface area is 108 Å². The molecule has 3 N–H and O–H groups in total. The third-order valence-corrected chi connectivity index (χ3v) is 4.02.